The van der Waals surface area contributed by atoms with Crippen LogP contribution in [-0.4, -0.2) is 18.2 Å². The molecule has 0 unspecified atom stereocenters. The molecule has 0 fully saturated rings. The standard InChI is InChI=1S/C8H11NO2/c1-3-6-9-8(11)5-4-7(2)10/h1H,4-6H2,2H3,(H,9,11). The molecule has 60 valence electrons. The first kappa shape index (κ1) is 9.70. The predicted octanol–water partition coefficient (Wildman–Crippen LogP) is 0.105. The number of Topliss-reactive ketones (excluding diaryl/α,β-unsaturated/α-hetero) is 1. The van der Waals surface area contributed by atoms with Crippen LogP contribution < -0.4 is 5.32 Å². The molecule has 1 amide bonds. The second-order valence-electron chi connectivity index (χ2n) is 2.18. The summed E-state index contributed by atoms with van der Waals surface area (Å²) in [5.41, 5.74) is 0. The second-order valence-corrected chi connectivity index (χ2v) is 2.18. The molecule has 0 aromatic heterocycles. The van der Waals surface area contributed by atoms with Crippen LogP contribution in [0.5, 0.6) is 0 Å². The van der Waals surface area contributed by atoms with E-state index in [4.69, 9.17) is 6.42 Å². The Morgan fingerprint density at radius 2 is 2.09 bits per heavy atom. The minimum absolute atomic E-state index is 0.0147. The van der Waals surface area contributed by atoms with Crippen LogP contribution in [0.2, 0.25) is 0 Å². The maximum Gasteiger partial charge on any atom is 0.221 e. The molecule has 0 aromatic carbocycles. The summed E-state index contributed by atoms with van der Waals surface area (Å²) >= 11 is 0. The van der Waals surface area contributed by atoms with Gasteiger partial charge in [-0.2, -0.15) is 0 Å². The highest BCUT2D eigenvalue weighted by atomic mass is 16.2. The van der Waals surface area contributed by atoms with Gasteiger partial charge in [-0.3, -0.25) is 4.79 Å². The van der Waals surface area contributed by atoms with Gasteiger partial charge in [-0.25, -0.2) is 0 Å². The molecule has 0 atom stereocenters. The molecular formula is C8H11NO2. The van der Waals surface area contributed by atoms with Crippen molar-refractivity contribution in [3.63, 3.8) is 0 Å². The summed E-state index contributed by atoms with van der Waals surface area (Å²) in [6.07, 6.45) is 5.42. The molecule has 0 aliphatic rings. The molecule has 1 N–H and O–H groups in total. The molecule has 11 heavy (non-hydrogen) atoms. The average molecular weight is 153 g/mol. The summed E-state index contributed by atoms with van der Waals surface area (Å²) in [5, 5.41) is 2.46. The van der Waals surface area contributed by atoms with Gasteiger partial charge >= 0.3 is 0 Å². The molecule has 0 aliphatic carbocycles. The van der Waals surface area contributed by atoms with Gasteiger partial charge in [0.15, 0.2) is 0 Å². The lowest BCUT2D eigenvalue weighted by molar-refractivity contribution is -0.124. The fourth-order valence-electron chi connectivity index (χ4n) is 0.528. The molecular weight excluding hydrogens is 142 g/mol. The van der Waals surface area contributed by atoms with Gasteiger partial charge in [-0.05, 0) is 6.92 Å². The number of carbonyl (C=O) groups is 2. The summed E-state index contributed by atoms with van der Waals surface area (Å²) in [6.45, 7) is 1.69. The molecule has 0 bridgehead atoms. The normalized spacial score (nSPS) is 8.36. The van der Waals surface area contributed by atoms with E-state index in [1.165, 1.54) is 6.92 Å². The number of terminal acetylenes is 1. The molecule has 0 heterocycles. The highest BCUT2D eigenvalue weighted by Crippen LogP contribution is 1.88. The van der Waals surface area contributed by atoms with Gasteiger partial charge in [0.1, 0.15) is 5.78 Å². The highest BCUT2D eigenvalue weighted by molar-refractivity contribution is 5.83. The zero-order chi connectivity index (χ0) is 8.69. The van der Waals surface area contributed by atoms with Crippen LogP contribution in [0.3, 0.4) is 0 Å². The van der Waals surface area contributed by atoms with Gasteiger partial charge in [-0.1, -0.05) is 5.92 Å². The van der Waals surface area contributed by atoms with Crippen molar-refractivity contribution in [3.8, 4) is 12.3 Å². The summed E-state index contributed by atoms with van der Waals surface area (Å²) in [4.78, 5) is 21.1. The Kier molecular flexibility index (Phi) is 4.83. The lowest BCUT2D eigenvalue weighted by atomic mass is 10.2. The van der Waals surface area contributed by atoms with Crippen molar-refractivity contribution < 1.29 is 9.59 Å². The van der Waals surface area contributed by atoms with Gasteiger partial charge in [0.05, 0.1) is 6.54 Å². The maximum atomic E-state index is 10.7. The summed E-state index contributed by atoms with van der Waals surface area (Å²) in [5.74, 6) is 2.12. The van der Waals surface area contributed by atoms with Crippen LogP contribution in [-0.2, 0) is 9.59 Å². The largest absolute Gasteiger partial charge is 0.345 e. The van der Waals surface area contributed by atoms with Gasteiger partial charge in [0, 0.05) is 12.8 Å². The number of rotatable bonds is 4. The lowest BCUT2D eigenvalue weighted by Crippen LogP contribution is -2.23. The SMILES string of the molecule is C#CCNC(=O)CCC(C)=O. The van der Waals surface area contributed by atoms with Gasteiger partial charge in [0.2, 0.25) is 5.91 Å². The number of hydrogen-bond donors (Lipinski definition) is 1. The minimum Gasteiger partial charge on any atom is -0.345 e. The molecule has 0 aromatic rings. The Hall–Kier alpha value is -1.30. The number of carbonyl (C=O) groups excluding carboxylic acids is 2. The zero-order valence-electron chi connectivity index (χ0n) is 6.52. The van der Waals surface area contributed by atoms with Crippen LogP contribution in [0, 0.1) is 12.3 Å². The molecule has 0 saturated carbocycles. The topological polar surface area (TPSA) is 46.2 Å². The van der Waals surface area contributed by atoms with E-state index in [1.807, 2.05) is 0 Å². The Morgan fingerprint density at radius 1 is 1.45 bits per heavy atom. The van der Waals surface area contributed by atoms with Gasteiger partial charge in [-0.15, -0.1) is 6.42 Å². The Bertz CT molecular complexity index is 191. The zero-order valence-corrected chi connectivity index (χ0v) is 6.52. The Morgan fingerprint density at radius 3 is 2.55 bits per heavy atom. The van der Waals surface area contributed by atoms with Gasteiger partial charge in [0.25, 0.3) is 0 Å². The molecule has 3 heteroatoms. The molecule has 0 spiro atoms. The third-order valence-electron chi connectivity index (χ3n) is 1.09. The fraction of sp³-hybridized carbons (Fsp3) is 0.500. The van der Waals surface area contributed by atoms with Crippen molar-refractivity contribution in [2.45, 2.75) is 19.8 Å². The summed E-state index contributed by atoms with van der Waals surface area (Å²) < 4.78 is 0. The highest BCUT2D eigenvalue weighted by Gasteiger charge is 2.00. The molecule has 0 aliphatic heterocycles. The number of ketones is 1. The minimum atomic E-state index is -0.168. The van der Waals surface area contributed by atoms with E-state index < -0.39 is 0 Å². The van der Waals surface area contributed by atoms with E-state index in [-0.39, 0.29) is 31.1 Å². The van der Waals surface area contributed by atoms with E-state index in [1.54, 1.807) is 0 Å². The van der Waals surface area contributed by atoms with E-state index >= 15 is 0 Å². The van der Waals surface area contributed by atoms with E-state index in [0.717, 1.165) is 0 Å². The van der Waals surface area contributed by atoms with Crippen LogP contribution in [0.25, 0.3) is 0 Å². The number of hydrogen-bond acceptors (Lipinski definition) is 2. The van der Waals surface area contributed by atoms with Crippen molar-refractivity contribution in [1.29, 1.82) is 0 Å². The third-order valence-corrected chi connectivity index (χ3v) is 1.09. The van der Waals surface area contributed by atoms with Crippen LogP contribution in [0.4, 0.5) is 0 Å². The molecule has 0 saturated heterocycles. The van der Waals surface area contributed by atoms with Crippen LogP contribution >= 0.6 is 0 Å². The third kappa shape index (κ3) is 6.59. The average Bonchev–Trinajstić information content (AvgIpc) is 1.97. The smallest absolute Gasteiger partial charge is 0.221 e. The van der Waals surface area contributed by atoms with Crippen molar-refractivity contribution >= 4 is 11.7 Å². The number of nitrogens with one attached hydrogen (secondary N) is 1. The number of amides is 1. The first-order chi connectivity index (χ1) is 5.16. The summed E-state index contributed by atoms with van der Waals surface area (Å²) in [6, 6.07) is 0. The van der Waals surface area contributed by atoms with Crippen LogP contribution in [0.15, 0.2) is 0 Å². The van der Waals surface area contributed by atoms with Gasteiger partial charge < -0.3 is 10.1 Å². The first-order valence-electron chi connectivity index (χ1n) is 3.36. The van der Waals surface area contributed by atoms with E-state index in [2.05, 4.69) is 11.2 Å². The van der Waals surface area contributed by atoms with Crippen molar-refractivity contribution in [3.05, 3.63) is 0 Å². The quantitative estimate of drug-likeness (QED) is 0.582. The van der Waals surface area contributed by atoms with Crippen molar-refractivity contribution in [2.24, 2.45) is 0 Å². The van der Waals surface area contributed by atoms with E-state index in [9.17, 15) is 9.59 Å². The Labute approximate surface area is 66.2 Å². The molecule has 0 radical (unpaired) electrons. The lowest BCUT2D eigenvalue weighted by Gasteiger charge is -1.97. The Balaban J connectivity index is 3.39. The fourth-order valence-corrected chi connectivity index (χ4v) is 0.528. The summed E-state index contributed by atoms with van der Waals surface area (Å²) in [7, 11) is 0. The monoisotopic (exact) mass is 153 g/mol. The van der Waals surface area contributed by atoms with Crippen LogP contribution in [0.1, 0.15) is 19.8 Å². The first-order valence-corrected chi connectivity index (χ1v) is 3.36. The predicted molar refractivity (Wildman–Crippen MR) is 41.8 cm³/mol. The van der Waals surface area contributed by atoms with E-state index in [0.29, 0.717) is 0 Å². The van der Waals surface area contributed by atoms with Crippen molar-refractivity contribution in [1.82, 2.24) is 5.32 Å². The van der Waals surface area contributed by atoms with Crippen molar-refractivity contribution in [2.75, 3.05) is 6.54 Å². The maximum absolute atomic E-state index is 10.7. The molecule has 0 rings (SSSR count). The molecule has 3 nitrogen and oxygen atoms in total. The second kappa shape index (κ2) is 5.48.